The van der Waals surface area contributed by atoms with E-state index in [1.807, 2.05) is 0 Å². The molecule has 0 aromatic rings. The summed E-state index contributed by atoms with van der Waals surface area (Å²) in [6.45, 7) is 2.34. The molecule has 10 heavy (non-hydrogen) atoms. The van der Waals surface area contributed by atoms with Gasteiger partial charge >= 0.3 is 0 Å². The molecule has 0 unspecified atom stereocenters. The molecular formula is C9H15N. The molecule has 0 spiro atoms. The van der Waals surface area contributed by atoms with Crippen molar-refractivity contribution in [2.75, 3.05) is 0 Å². The quantitative estimate of drug-likeness (QED) is 0.580. The third-order valence-electron chi connectivity index (χ3n) is 4.54. The van der Waals surface area contributed by atoms with Crippen LogP contribution in [0.1, 0.15) is 26.2 Å². The van der Waals surface area contributed by atoms with Crippen LogP contribution in [-0.2, 0) is 0 Å². The zero-order chi connectivity index (χ0) is 6.93. The second kappa shape index (κ2) is 1.29. The lowest BCUT2D eigenvalue weighted by molar-refractivity contribution is 0.463. The second-order valence-corrected chi connectivity index (χ2v) is 4.50. The minimum atomic E-state index is 0.602. The molecule has 0 amide bonds. The van der Waals surface area contributed by atoms with E-state index in [0.29, 0.717) is 6.04 Å². The van der Waals surface area contributed by atoms with Crippen molar-refractivity contribution in [3.8, 4) is 0 Å². The average molecular weight is 137 g/mol. The summed E-state index contributed by atoms with van der Waals surface area (Å²) in [5, 5.41) is 0. The van der Waals surface area contributed by atoms with Gasteiger partial charge in [0.05, 0.1) is 0 Å². The molecule has 4 aliphatic carbocycles. The maximum absolute atomic E-state index is 6.07. The van der Waals surface area contributed by atoms with Crippen molar-refractivity contribution >= 4 is 0 Å². The van der Waals surface area contributed by atoms with Crippen LogP contribution in [0, 0.1) is 23.2 Å². The number of nitrogens with two attached hydrogens (primary N) is 1. The third kappa shape index (κ3) is 0.334. The van der Waals surface area contributed by atoms with Crippen LogP contribution in [0.25, 0.3) is 0 Å². The van der Waals surface area contributed by atoms with E-state index in [-0.39, 0.29) is 0 Å². The Morgan fingerprint density at radius 3 is 2.60 bits per heavy atom. The fourth-order valence-electron chi connectivity index (χ4n) is 4.06. The van der Waals surface area contributed by atoms with Crippen LogP contribution in [0.2, 0.25) is 0 Å². The lowest BCUT2D eigenvalue weighted by Crippen LogP contribution is -2.23. The van der Waals surface area contributed by atoms with Gasteiger partial charge in [-0.1, -0.05) is 6.92 Å². The summed E-state index contributed by atoms with van der Waals surface area (Å²) in [4.78, 5) is 0. The lowest BCUT2D eigenvalue weighted by atomic mass is 10.0. The average Bonchev–Trinajstić information content (AvgIpc) is 2.36. The van der Waals surface area contributed by atoms with E-state index in [1.165, 1.54) is 19.3 Å². The van der Waals surface area contributed by atoms with E-state index < -0.39 is 0 Å². The summed E-state index contributed by atoms with van der Waals surface area (Å²) < 4.78 is 0. The smallest absolute Gasteiger partial charge is 0.0104 e. The maximum atomic E-state index is 6.07. The van der Waals surface area contributed by atoms with E-state index in [1.54, 1.807) is 0 Å². The first-order valence-electron chi connectivity index (χ1n) is 4.55. The lowest BCUT2D eigenvalue weighted by Gasteiger charge is -2.04. The van der Waals surface area contributed by atoms with Crippen LogP contribution in [0.3, 0.4) is 0 Å². The normalized spacial score (nSPS) is 69.0. The van der Waals surface area contributed by atoms with Crippen LogP contribution < -0.4 is 5.73 Å². The standard InChI is InChI=1S/C9H15N/c1-2-9-4-5-3-6(9)7(9)8(5)10/h5-8H,2-4,10H2,1H3/t5-,6-,7-,8-,9+/m0/s1. The molecule has 4 aliphatic rings. The largest absolute Gasteiger partial charge is 0.327 e. The van der Waals surface area contributed by atoms with E-state index in [4.69, 9.17) is 5.73 Å². The minimum absolute atomic E-state index is 0.602. The second-order valence-electron chi connectivity index (χ2n) is 4.50. The molecule has 1 heteroatoms. The molecule has 4 bridgehead atoms. The van der Waals surface area contributed by atoms with E-state index in [9.17, 15) is 0 Å². The van der Waals surface area contributed by atoms with Gasteiger partial charge in [0.15, 0.2) is 0 Å². The van der Waals surface area contributed by atoms with Gasteiger partial charge in [-0.2, -0.15) is 0 Å². The Morgan fingerprint density at radius 1 is 1.60 bits per heavy atom. The predicted molar refractivity (Wildman–Crippen MR) is 40.4 cm³/mol. The van der Waals surface area contributed by atoms with Crippen molar-refractivity contribution in [2.45, 2.75) is 32.2 Å². The first kappa shape index (κ1) is 5.59. The van der Waals surface area contributed by atoms with Gasteiger partial charge in [-0.3, -0.25) is 0 Å². The molecule has 4 rings (SSSR count). The summed E-state index contributed by atoms with van der Waals surface area (Å²) in [5.74, 6) is 2.95. The molecule has 4 saturated carbocycles. The van der Waals surface area contributed by atoms with Gasteiger partial charge < -0.3 is 5.73 Å². The highest BCUT2D eigenvalue weighted by atomic mass is 14.9. The molecule has 4 fully saturated rings. The van der Waals surface area contributed by atoms with Gasteiger partial charge in [-0.05, 0) is 42.4 Å². The highest BCUT2D eigenvalue weighted by Gasteiger charge is 2.76. The third-order valence-corrected chi connectivity index (χ3v) is 4.54. The monoisotopic (exact) mass is 137 g/mol. The van der Waals surface area contributed by atoms with E-state index in [2.05, 4.69) is 6.92 Å². The fourth-order valence-corrected chi connectivity index (χ4v) is 4.06. The highest BCUT2D eigenvalue weighted by molar-refractivity contribution is 5.26. The molecular weight excluding hydrogens is 122 g/mol. The number of hydrogen-bond acceptors (Lipinski definition) is 1. The minimum Gasteiger partial charge on any atom is -0.327 e. The van der Waals surface area contributed by atoms with Gasteiger partial charge in [0, 0.05) is 6.04 Å². The first-order chi connectivity index (χ1) is 4.79. The van der Waals surface area contributed by atoms with Crippen LogP contribution in [0.15, 0.2) is 0 Å². The van der Waals surface area contributed by atoms with Gasteiger partial charge in [-0.15, -0.1) is 0 Å². The van der Waals surface area contributed by atoms with Gasteiger partial charge in [0.1, 0.15) is 0 Å². The molecule has 0 aromatic heterocycles. The van der Waals surface area contributed by atoms with E-state index in [0.717, 1.165) is 23.2 Å². The van der Waals surface area contributed by atoms with Crippen LogP contribution in [-0.4, -0.2) is 6.04 Å². The Hall–Kier alpha value is -0.0400. The van der Waals surface area contributed by atoms with Crippen molar-refractivity contribution in [1.82, 2.24) is 0 Å². The summed E-state index contributed by atoms with van der Waals surface area (Å²) >= 11 is 0. The Kier molecular flexibility index (Phi) is 0.722. The fraction of sp³-hybridized carbons (Fsp3) is 1.00. The Balaban J connectivity index is 2.01. The van der Waals surface area contributed by atoms with Crippen LogP contribution >= 0.6 is 0 Å². The Bertz CT molecular complexity index is 189. The van der Waals surface area contributed by atoms with E-state index >= 15 is 0 Å². The zero-order valence-electron chi connectivity index (χ0n) is 6.51. The molecule has 1 nitrogen and oxygen atoms in total. The molecule has 0 radical (unpaired) electrons. The van der Waals surface area contributed by atoms with Crippen molar-refractivity contribution in [2.24, 2.45) is 28.9 Å². The molecule has 0 heterocycles. The highest BCUT2D eigenvalue weighted by Crippen LogP contribution is 2.79. The van der Waals surface area contributed by atoms with Crippen LogP contribution in [0.4, 0.5) is 0 Å². The van der Waals surface area contributed by atoms with Gasteiger partial charge in [0.2, 0.25) is 0 Å². The van der Waals surface area contributed by atoms with Crippen molar-refractivity contribution in [3.05, 3.63) is 0 Å². The first-order valence-corrected chi connectivity index (χ1v) is 4.55. The summed E-state index contributed by atoms with van der Waals surface area (Å²) in [6, 6.07) is 0.602. The topological polar surface area (TPSA) is 26.0 Å². The van der Waals surface area contributed by atoms with Crippen molar-refractivity contribution < 1.29 is 0 Å². The summed E-state index contributed by atoms with van der Waals surface area (Å²) in [6.07, 6.45) is 4.34. The summed E-state index contributed by atoms with van der Waals surface area (Å²) in [7, 11) is 0. The Labute approximate surface area is 62.0 Å². The summed E-state index contributed by atoms with van der Waals surface area (Å²) in [5.41, 5.74) is 6.85. The predicted octanol–water partition coefficient (Wildman–Crippen LogP) is 1.38. The number of hydrogen-bond donors (Lipinski definition) is 1. The zero-order valence-corrected chi connectivity index (χ0v) is 6.51. The van der Waals surface area contributed by atoms with Crippen molar-refractivity contribution in [3.63, 3.8) is 0 Å². The van der Waals surface area contributed by atoms with Crippen LogP contribution in [0.5, 0.6) is 0 Å². The number of rotatable bonds is 1. The molecule has 5 atom stereocenters. The Morgan fingerprint density at radius 2 is 2.40 bits per heavy atom. The molecule has 0 saturated heterocycles. The van der Waals surface area contributed by atoms with Gasteiger partial charge in [0.25, 0.3) is 0 Å². The molecule has 56 valence electrons. The molecule has 0 aliphatic heterocycles. The molecule has 2 N–H and O–H groups in total. The molecule has 0 aromatic carbocycles. The van der Waals surface area contributed by atoms with Gasteiger partial charge in [-0.25, -0.2) is 0 Å². The maximum Gasteiger partial charge on any atom is 0.0104 e. The van der Waals surface area contributed by atoms with Crippen molar-refractivity contribution in [1.29, 1.82) is 0 Å². The SMILES string of the molecule is CC[C@@]12C[C@@H]3C[C@H]1[C@H]2[C@H]3N.